The largest absolute Gasteiger partial charge is 0.459 e. The molecule has 0 radical (unpaired) electrons. The van der Waals surface area contributed by atoms with Crippen LogP contribution in [-0.2, 0) is 35.4 Å². The van der Waals surface area contributed by atoms with Crippen molar-refractivity contribution in [3.8, 4) is 0 Å². The van der Waals surface area contributed by atoms with Crippen LogP contribution < -0.4 is 0 Å². The van der Waals surface area contributed by atoms with Crippen LogP contribution in [0.5, 0.6) is 0 Å². The Morgan fingerprint density at radius 1 is 1.16 bits per heavy atom. The third kappa shape index (κ3) is 7.61. The molecule has 9 nitrogen and oxygen atoms in total. The summed E-state index contributed by atoms with van der Waals surface area (Å²) >= 11 is 6.22. The molecule has 2 aromatic rings. The Labute approximate surface area is 260 Å². The lowest BCUT2D eigenvalue weighted by Crippen LogP contribution is -2.48. The fraction of sp³-hybridized carbons (Fsp3) is 0.594. The van der Waals surface area contributed by atoms with Crippen LogP contribution in [0, 0.1) is 18.8 Å². The molecule has 236 valence electrons. The van der Waals surface area contributed by atoms with E-state index in [9.17, 15) is 18.3 Å². The second-order valence-electron chi connectivity index (χ2n) is 12.3. The first-order valence-electron chi connectivity index (χ1n) is 15.2. The summed E-state index contributed by atoms with van der Waals surface area (Å²) in [5.74, 6) is -0.994. The number of aliphatic hydroxyl groups excluding tert-OH is 1. The van der Waals surface area contributed by atoms with Gasteiger partial charge in [-0.3, -0.25) is 9.69 Å². The number of carbonyl (C=O) groups is 1. The molecule has 0 aliphatic carbocycles. The van der Waals surface area contributed by atoms with Gasteiger partial charge in [0, 0.05) is 42.7 Å². The number of hydrogen-bond acceptors (Lipinski definition) is 8. The van der Waals surface area contributed by atoms with E-state index >= 15 is 0 Å². The molecule has 1 N–H and O–H groups in total. The lowest BCUT2D eigenvalue weighted by Gasteiger charge is -2.33. The highest BCUT2D eigenvalue weighted by atomic mass is 35.5. The van der Waals surface area contributed by atoms with E-state index < -0.39 is 28.0 Å². The molecule has 3 saturated heterocycles. The quantitative estimate of drug-likeness (QED) is 0.349. The molecular weight excluding hydrogens is 592 g/mol. The molecule has 6 atom stereocenters. The SMILES string of the molecule is Cc1cc(S(=O)(=O)N(C[C@@H](O)[C@@H](CC(=O)O[C@H]2CO[C@H]3OCCC32)Cc2ccccc2)C2CCN(C(C)C)C2)ccc1Cl. The molecule has 3 aliphatic rings. The third-order valence-corrected chi connectivity index (χ3v) is 11.4. The van der Waals surface area contributed by atoms with Gasteiger partial charge < -0.3 is 19.3 Å². The van der Waals surface area contributed by atoms with Crippen molar-refractivity contribution in [3.05, 3.63) is 64.7 Å². The molecule has 0 bridgehead atoms. The van der Waals surface area contributed by atoms with Gasteiger partial charge in [0.1, 0.15) is 6.10 Å². The first-order valence-corrected chi connectivity index (χ1v) is 17.0. The van der Waals surface area contributed by atoms with Crippen LogP contribution in [-0.4, -0.2) is 92.1 Å². The van der Waals surface area contributed by atoms with E-state index in [1.165, 1.54) is 10.4 Å². The topological polar surface area (TPSA) is 106 Å². The van der Waals surface area contributed by atoms with Crippen molar-refractivity contribution >= 4 is 27.6 Å². The monoisotopic (exact) mass is 634 g/mol. The zero-order valence-corrected chi connectivity index (χ0v) is 26.7. The summed E-state index contributed by atoms with van der Waals surface area (Å²) in [6.07, 6.45) is -0.0908. The molecule has 2 unspecified atom stereocenters. The fourth-order valence-electron chi connectivity index (χ4n) is 6.40. The second-order valence-corrected chi connectivity index (χ2v) is 14.6. The van der Waals surface area contributed by atoms with E-state index in [0.717, 1.165) is 18.5 Å². The van der Waals surface area contributed by atoms with Crippen LogP contribution in [0.4, 0.5) is 0 Å². The van der Waals surface area contributed by atoms with E-state index in [-0.39, 0.29) is 54.9 Å². The van der Waals surface area contributed by atoms with E-state index in [1.54, 1.807) is 19.1 Å². The highest BCUT2D eigenvalue weighted by Gasteiger charge is 2.44. The Kier molecular flexibility index (Phi) is 10.5. The van der Waals surface area contributed by atoms with Crippen molar-refractivity contribution in [2.45, 2.75) is 81.9 Å². The summed E-state index contributed by atoms with van der Waals surface area (Å²) in [4.78, 5) is 15.6. The summed E-state index contributed by atoms with van der Waals surface area (Å²) in [6, 6.07) is 14.2. The first-order chi connectivity index (χ1) is 20.5. The Morgan fingerprint density at radius 2 is 1.93 bits per heavy atom. The number of aryl methyl sites for hydroxylation is 1. The first kappa shape index (κ1) is 32.3. The van der Waals surface area contributed by atoms with Crippen molar-refractivity contribution in [2.75, 3.05) is 32.8 Å². The van der Waals surface area contributed by atoms with Crippen molar-refractivity contribution in [3.63, 3.8) is 0 Å². The number of fused-ring (bicyclic) bond motifs is 1. The molecule has 0 spiro atoms. The number of nitrogens with zero attached hydrogens (tertiary/aromatic N) is 2. The number of sulfonamides is 1. The molecular formula is C32H43ClN2O7S. The summed E-state index contributed by atoms with van der Waals surface area (Å²) in [6.45, 7) is 8.00. The van der Waals surface area contributed by atoms with Gasteiger partial charge >= 0.3 is 5.97 Å². The lowest BCUT2D eigenvalue weighted by molar-refractivity contribution is -0.153. The van der Waals surface area contributed by atoms with Gasteiger partial charge in [0.25, 0.3) is 0 Å². The summed E-state index contributed by atoms with van der Waals surface area (Å²) in [5, 5.41) is 12.2. The van der Waals surface area contributed by atoms with Crippen molar-refractivity contribution in [2.24, 2.45) is 11.8 Å². The average molecular weight is 635 g/mol. The maximum atomic E-state index is 14.2. The second kappa shape index (κ2) is 13.9. The molecule has 3 aliphatic heterocycles. The predicted molar refractivity (Wildman–Crippen MR) is 163 cm³/mol. The van der Waals surface area contributed by atoms with Gasteiger partial charge in [-0.05, 0) is 69.4 Å². The van der Waals surface area contributed by atoms with Crippen molar-refractivity contribution in [1.82, 2.24) is 9.21 Å². The number of aliphatic hydroxyl groups is 1. The number of hydrogen-bond donors (Lipinski definition) is 1. The van der Waals surface area contributed by atoms with Gasteiger partial charge in [-0.15, -0.1) is 0 Å². The lowest BCUT2D eigenvalue weighted by atomic mass is 9.90. The van der Waals surface area contributed by atoms with Gasteiger partial charge in [0.2, 0.25) is 10.0 Å². The number of esters is 1. The molecule has 43 heavy (non-hydrogen) atoms. The van der Waals surface area contributed by atoms with Crippen LogP contribution in [0.25, 0.3) is 0 Å². The molecule has 0 saturated carbocycles. The number of likely N-dealkylation sites (tertiary alicyclic amines) is 1. The van der Waals surface area contributed by atoms with Crippen LogP contribution >= 0.6 is 11.6 Å². The average Bonchev–Trinajstić information content (AvgIpc) is 3.72. The van der Waals surface area contributed by atoms with Crippen LogP contribution in [0.3, 0.4) is 0 Å². The zero-order valence-electron chi connectivity index (χ0n) is 25.1. The van der Waals surface area contributed by atoms with Gasteiger partial charge in [0.15, 0.2) is 6.29 Å². The number of benzene rings is 2. The molecule has 0 aromatic heterocycles. The minimum absolute atomic E-state index is 0.0104. The maximum Gasteiger partial charge on any atom is 0.306 e. The van der Waals surface area contributed by atoms with Crippen LogP contribution in [0.2, 0.25) is 5.02 Å². The van der Waals surface area contributed by atoms with Gasteiger partial charge in [0.05, 0.1) is 36.6 Å². The molecule has 5 rings (SSSR count). The number of rotatable bonds is 12. The minimum Gasteiger partial charge on any atom is -0.459 e. The normalized spacial score (nSPS) is 25.7. The number of ether oxygens (including phenoxy) is 3. The van der Waals surface area contributed by atoms with Crippen LogP contribution in [0.15, 0.2) is 53.4 Å². The summed E-state index contributed by atoms with van der Waals surface area (Å²) in [5.41, 5.74) is 1.61. The maximum absolute atomic E-state index is 14.2. The van der Waals surface area contributed by atoms with Gasteiger partial charge in [-0.1, -0.05) is 41.9 Å². The van der Waals surface area contributed by atoms with Crippen LogP contribution in [0.1, 0.15) is 44.2 Å². The smallest absolute Gasteiger partial charge is 0.306 e. The standard InChI is InChI=1S/C32H43ClN2O7S/c1-21(2)34-13-11-25(18-34)35(43(38,39)26-9-10-28(33)22(3)15-26)19-29(36)24(16-23-7-5-4-6-8-23)17-31(37)42-30-20-41-32-27(30)12-14-40-32/h4-10,15,21,24-25,27,29-30,32,36H,11-14,16-20H2,1-3H3/t24-,25?,27?,29-,30+,32-/m1/s1. The van der Waals surface area contributed by atoms with E-state index in [4.69, 9.17) is 25.8 Å². The highest BCUT2D eigenvalue weighted by molar-refractivity contribution is 7.89. The molecule has 2 aromatic carbocycles. The third-order valence-electron chi connectivity index (χ3n) is 9.02. The predicted octanol–water partition coefficient (Wildman–Crippen LogP) is 4.04. The zero-order chi connectivity index (χ0) is 30.7. The molecule has 3 heterocycles. The summed E-state index contributed by atoms with van der Waals surface area (Å²) < 4.78 is 46.8. The van der Waals surface area contributed by atoms with E-state index in [0.29, 0.717) is 36.6 Å². The Morgan fingerprint density at radius 3 is 2.63 bits per heavy atom. The minimum atomic E-state index is -3.99. The molecule has 11 heteroatoms. The highest BCUT2D eigenvalue weighted by Crippen LogP contribution is 2.34. The van der Waals surface area contributed by atoms with E-state index in [2.05, 4.69) is 18.7 Å². The number of halogens is 1. The Balaban J connectivity index is 1.38. The van der Waals surface area contributed by atoms with Gasteiger partial charge in [-0.2, -0.15) is 4.31 Å². The fourth-order valence-corrected chi connectivity index (χ4v) is 8.27. The molecule has 0 amide bonds. The van der Waals surface area contributed by atoms with E-state index in [1.807, 2.05) is 30.3 Å². The molecule has 3 fully saturated rings. The Bertz CT molecular complexity index is 1360. The van der Waals surface area contributed by atoms with Gasteiger partial charge in [-0.25, -0.2) is 8.42 Å². The number of carbonyl (C=O) groups excluding carboxylic acids is 1. The van der Waals surface area contributed by atoms with Crippen molar-refractivity contribution in [1.29, 1.82) is 0 Å². The van der Waals surface area contributed by atoms with Crippen molar-refractivity contribution < 1.29 is 32.5 Å². The summed E-state index contributed by atoms with van der Waals surface area (Å²) in [7, 11) is -3.99. The Hall–Kier alpha value is -2.05.